The Bertz CT molecular complexity index is 944. The van der Waals surface area contributed by atoms with Gasteiger partial charge in [0.1, 0.15) is 5.82 Å². The Morgan fingerprint density at radius 2 is 1.67 bits per heavy atom. The third-order valence-electron chi connectivity index (χ3n) is 3.55. The van der Waals surface area contributed by atoms with E-state index in [1.807, 2.05) is 73.6 Å². The molecule has 3 rings (SSSR count). The maximum atomic E-state index is 4.54. The van der Waals surface area contributed by atoms with Gasteiger partial charge in [-0.2, -0.15) is 4.98 Å². The molecule has 0 aliphatic carbocycles. The van der Waals surface area contributed by atoms with E-state index >= 15 is 0 Å². The molecule has 2 aromatic carbocycles. The Morgan fingerprint density at radius 1 is 0.963 bits per heavy atom. The van der Waals surface area contributed by atoms with Crippen molar-refractivity contribution in [1.82, 2.24) is 14.9 Å². The Hall–Kier alpha value is -2.88. The van der Waals surface area contributed by atoms with E-state index in [4.69, 9.17) is 0 Å². The van der Waals surface area contributed by atoms with Crippen molar-refractivity contribution in [1.29, 1.82) is 0 Å². The van der Waals surface area contributed by atoms with E-state index in [0.717, 1.165) is 28.0 Å². The molecule has 2 N–H and O–H groups in total. The first-order valence-corrected chi connectivity index (χ1v) is 9.25. The SMILES string of the molecule is CN(C)CC#Cc1ccc(Nc2ncc(Br)c(Nc3ccccc3)n2)cc1. The monoisotopic (exact) mass is 421 g/mol. The van der Waals surface area contributed by atoms with Gasteiger partial charge in [-0.05, 0) is 66.4 Å². The molecule has 0 saturated carbocycles. The van der Waals surface area contributed by atoms with Crippen molar-refractivity contribution in [2.75, 3.05) is 31.3 Å². The Labute approximate surface area is 168 Å². The predicted octanol–water partition coefficient (Wildman–Crippen LogP) is 4.64. The van der Waals surface area contributed by atoms with E-state index < -0.39 is 0 Å². The fourth-order valence-electron chi connectivity index (χ4n) is 2.24. The fourth-order valence-corrected chi connectivity index (χ4v) is 2.53. The Morgan fingerprint density at radius 3 is 2.37 bits per heavy atom. The van der Waals surface area contributed by atoms with Gasteiger partial charge in [0.25, 0.3) is 0 Å². The fraction of sp³-hybridized carbons (Fsp3) is 0.143. The van der Waals surface area contributed by atoms with Crippen LogP contribution in [0.5, 0.6) is 0 Å². The van der Waals surface area contributed by atoms with Crippen molar-refractivity contribution in [3.8, 4) is 11.8 Å². The van der Waals surface area contributed by atoms with E-state index in [-0.39, 0.29) is 0 Å². The number of benzene rings is 2. The zero-order valence-corrected chi connectivity index (χ0v) is 16.8. The first-order valence-electron chi connectivity index (χ1n) is 8.45. The van der Waals surface area contributed by atoms with Gasteiger partial charge in [0.05, 0.1) is 11.0 Å². The maximum Gasteiger partial charge on any atom is 0.229 e. The van der Waals surface area contributed by atoms with Crippen LogP contribution in [0.15, 0.2) is 65.3 Å². The van der Waals surface area contributed by atoms with Crippen molar-refractivity contribution in [2.45, 2.75) is 0 Å². The van der Waals surface area contributed by atoms with Gasteiger partial charge < -0.3 is 10.6 Å². The summed E-state index contributed by atoms with van der Waals surface area (Å²) in [6.45, 7) is 0.740. The highest BCUT2D eigenvalue weighted by Crippen LogP contribution is 2.25. The molecule has 0 spiro atoms. The molecule has 1 heterocycles. The summed E-state index contributed by atoms with van der Waals surface area (Å²) < 4.78 is 0.795. The molecule has 136 valence electrons. The van der Waals surface area contributed by atoms with Crippen molar-refractivity contribution in [2.24, 2.45) is 0 Å². The lowest BCUT2D eigenvalue weighted by molar-refractivity contribution is 0.464. The molecule has 0 bridgehead atoms. The van der Waals surface area contributed by atoms with Gasteiger partial charge >= 0.3 is 0 Å². The van der Waals surface area contributed by atoms with Crippen LogP contribution in [-0.4, -0.2) is 35.5 Å². The standard InChI is InChI=1S/C21H20BrN5/c1-27(2)14-6-7-16-10-12-18(13-11-16)25-21-23-15-19(22)20(26-21)24-17-8-4-3-5-9-17/h3-5,8-13,15H,14H2,1-2H3,(H2,23,24,25,26). The second-order valence-corrected chi connectivity index (χ2v) is 6.98. The summed E-state index contributed by atoms with van der Waals surface area (Å²) in [7, 11) is 4.00. The van der Waals surface area contributed by atoms with Crippen molar-refractivity contribution >= 4 is 39.1 Å². The molecule has 0 radical (unpaired) electrons. The van der Waals surface area contributed by atoms with Crippen LogP contribution in [0.2, 0.25) is 0 Å². The summed E-state index contributed by atoms with van der Waals surface area (Å²) in [6.07, 6.45) is 1.72. The summed E-state index contributed by atoms with van der Waals surface area (Å²) in [5, 5.41) is 6.50. The van der Waals surface area contributed by atoms with Crippen LogP contribution in [0.1, 0.15) is 5.56 Å². The van der Waals surface area contributed by atoms with E-state index in [1.54, 1.807) is 6.20 Å². The highest BCUT2D eigenvalue weighted by Gasteiger charge is 2.06. The highest BCUT2D eigenvalue weighted by molar-refractivity contribution is 9.10. The van der Waals surface area contributed by atoms with Gasteiger partial charge in [0.2, 0.25) is 5.95 Å². The van der Waals surface area contributed by atoms with Crippen LogP contribution < -0.4 is 10.6 Å². The molecule has 5 nitrogen and oxygen atoms in total. The number of hydrogen-bond donors (Lipinski definition) is 2. The number of halogens is 1. The molecule has 0 fully saturated rings. The van der Waals surface area contributed by atoms with Crippen LogP contribution in [0.4, 0.5) is 23.1 Å². The average molecular weight is 422 g/mol. The van der Waals surface area contributed by atoms with Gasteiger partial charge in [0, 0.05) is 23.1 Å². The van der Waals surface area contributed by atoms with E-state index in [0.29, 0.717) is 11.8 Å². The first kappa shape index (κ1) is 18.9. The number of nitrogens with zero attached hydrogens (tertiary/aromatic N) is 3. The van der Waals surface area contributed by atoms with E-state index in [2.05, 4.69) is 48.4 Å². The zero-order valence-electron chi connectivity index (χ0n) is 15.2. The third kappa shape index (κ3) is 5.81. The zero-order chi connectivity index (χ0) is 19.1. The molecule has 0 saturated heterocycles. The molecular weight excluding hydrogens is 402 g/mol. The summed E-state index contributed by atoms with van der Waals surface area (Å²) in [4.78, 5) is 10.9. The Kier molecular flexibility index (Phi) is 6.42. The largest absolute Gasteiger partial charge is 0.339 e. The third-order valence-corrected chi connectivity index (χ3v) is 4.13. The summed E-state index contributed by atoms with van der Waals surface area (Å²) >= 11 is 3.48. The van der Waals surface area contributed by atoms with Gasteiger partial charge in [-0.1, -0.05) is 30.0 Å². The molecule has 1 aromatic heterocycles. The number of rotatable bonds is 5. The normalized spacial score (nSPS) is 10.2. The Balaban J connectivity index is 1.70. The van der Waals surface area contributed by atoms with Crippen molar-refractivity contribution < 1.29 is 0 Å². The van der Waals surface area contributed by atoms with Crippen LogP contribution >= 0.6 is 15.9 Å². The molecule has 3 aromatic rings. The molecule has 6 heteroatoms. The van der Waals surface area contributed by atoms with Crippen molar-refractivity contribution in [3.05, 3.63) is 70.8 Å². The van der Waals surface area contributed by atoms with Gasteiger partial charge in [-0.25, -0.2) is 4.98 Å². The average Bonchev–Trinajstić information content (AvgIpc) is 2.66. The lowest BCUT2D eigenvalue weighted by Gasteiger charge is -2.10. The van der Waals surface area contributed by atoms with Crippen LogP contribution in [0.25, 0.3) is 0 Å². The van der Waals surface area contributed by atoms with Gasteiger partial charge in [-0.3, -0.25) is 4.90 Å². The summed E-state index contributed by atoms with van der Waals surface area (Å²) in [6, 6.07) is 17.8. The second kappa shape index (κ2) is 9.17. The minimum Gasteiger partial charge on any atom is -0.339 e. The lowest BCUT2D eigenvalue weighted by atomic mass is 10.2. The minimum absolute atomic E-state index is 0.517. The topological polar surface area (TPSA) is 53.1 Å². The summed E-state index contributed by atoms with van der Waals surface area (Å²) in [5.74, 6) is 7.48. The molecule has 0 unspecified atom stereocenters. The number of para-hydroxylation sites is 1. The number of hydrogen-bond acceptors (Lipinski definition) is 5. The molecule has 0 aliphatic rings. The number of nitrogens with one attached hydrogen (secondary N) is 2. The second-order valence-electron chi connectivity index (χ2n) is 6.12. The highest BCUT2D eigenvalue weighted by atomic mass is 79.9. The number of aromatic nitrogens is 2. The molecule has 0 amide bonds. The van der Waals surface area contributed by atoms with Crippen LogP contribution in [0.3, 0.4) is 0 Å². The maximum absolute atomic E-state index is 4.54. The van der Waals surface area contributed by atoms with Crippen LogP contribution in [-0.2, 0) is 0 Å². The summed E-state index contributed by atoms with van der Waals surface area (Å²) in [5.41, 5.74) is 2.84. The van der Waals surface area contributed by atoms with Crippen molar-refractivity contribution in [3.63, 3.8) is 0 Å². The molecule has 0 atom stereocenters. The number of anilines is 4. The van der Waals surface area contributed by atoms with E-state index in [1.165, 1.54) is 0 Å². The minimum atomic E-state index is 0.517. The first-order chi connectivity index (χ1) is 13.1. The predicted molar refractivity (Wildman–Crippen MR) is 115 cm³/mol. The van der Waals surface area contributed by atoms with Gasteiger partial charge in [-0.15, -0.1) is 0 Å². The lowest BCUT2D eigenvalue weighted by Crippen LogP contribution is -2.10. The molecular formula is C21H20BrN5. The van der Waals surface area contributed by atoms with E-state index in [9.17, 15) is 0 Å². The smallest absolute Gasteiger partial charge is 0.229 e. The van der Waals surface area contributed by atoms with Gasteiger partial charge in [0.15, 0.2) is 0 Å². The molecule has 27 heavy (non-hydrogen) atoms. The van der Waals surface area contributed by atoms with Crippen LogP contribution in [0, 0.1) is 11.8 Å². The molecule has 0 aliphatic heterocycles. The quantitative estimate of drug-likeness (QED) is 0.587.